The lowest BCUT2D eigenvalue weighted by Crippen LogP contribution is -2.50. The molecular formula is C34H50O3Si. The zero-order valence-electron chi connectivity index (χ0n) is 25.2. The maximum Gasteiger partial charge on any atom is 0.335 e. The van der Waals surface area contributed by atoms with Crippen molar-refractivity contribution in [3.63, 3.8) is 0 Å². The lowest BCUT2D eigenvalue weighted by atomic mass is 9.64. The van der Waals surface area contributed by atoms with Gasteiger partial charge in [0.15, 0.2) is 14.4 Å². The fourth-order valence-corrected chi connectivity index (χ4v) is 6.93. The summed E-state index contributed by atoms with van der Waals surface area (Å²) in [5.74, 6) is 0.235. The van der Waals surface area contributed by atoms with Crippen LogP contribution < -0.4 is 0 Å². The maximum atomic E-state index is 14.3. The van der Waals surface area contributed by atoms with Crippen molar-refractivity contribution in [3.8, 4) is 0 Å². The van der Waals surface area contributed by atoms with Gasteiger partial charge in [0.1, 0.15) is 6.10 Å². The number of carbonyl (C=O) groups is 1. The fraction of sp³-hybridized carbons (Fsp3) is 0.559. The highest BCUT2D eigenvalue weighted by Gasteiger charge is 2.47. The Balaban J connectivity index is 1.99. The second-order valence-electron chi connectivity index (χ2n) is 13.6. The number of hydrogen-bond donors (Lipinski definition) is 0. The molecule has 38 heavy (non-hydrogen) atoms. The first kappa shape index (κ1) is 30.4. The fourth-order valence-electron chi connectivity index (χ4n) is 5.71. The molecule has 0 radical (unpaired) electrons. The van der Waals surface area contributed by atoms with Crippen LogP contribution >= 0.6 is 0 Å². The van der Waals surface area contributed by atoms with Crippen LogP contribution in [-0.4, -0.2) is 26.5 Å². The zero-order chi connectivity index (χ0) is 28.3. The first-order valence-corrected chi connectivity index (χ1v) is 17.2. The quantitative estimate of drug-likeness (QED) is 0.183. The zero-order valence-corrected chi connectivity index (χ0v) is 26.2. The summed E-state index contributed by atoms with van der Waals surface area (Å²) in [6, 6.07) is 20.8. The molecule has 0 N–H and O–H groups in total. The summed E-state index contributed by atoms with van der Waals surface area (Å²) < 4.78 is 13.5. The molecule has 0 aromatic heterocycles. The molecule has 0 aliphatic heterocycles. The van der Waals surface area contributed by atoms with Crippen molar-refractivity contribution in [2.75, 3.05) is 0 Å². The first-order valence-electron chi connectivity index (χ1n) is 14.3. The summed E-state index contributed by atoms with van der Waals surface area (Å²) >= 11 is 0. The van der Waals surface area contributed by atoms with E-state index >= 15 is 0 Å². The molecule has 3 nitrogen and oxygen atoms in total. The van der Waals surface area contributed by atoms with Crippen molar-refractivity contribution >= 4 is 14.3 Å². The number of benzene rings is 2. The third kappa shape index (κ3) is 6.87. The first-order chi connectivity index (χ1) is 17.6. The molecule has 4 heteroatoms. The molecule has 0 heterocycles. The Morgan fingerprint density at radius 2 is 1.50 bits per heavy atom. The van der Waals surface area contributed by atoms with Gasteiger partial charge in [0.2, 0.25) is 0 Å². The predicted molar refractivity (Wildman–Crippen MR) is 162 cm³/mol. The Morgan fingerprint density at radius 3 is 2.03 bits per heavy atom. The summed E-state index contributed by atoms with van der Waals surface area (Å²) in [6.45, 7) is 24.2. The minimum atomic E-state index is -2.30. The van der Waals surface area contributed by atoms with Gasteiger partial charge in [0.05, 0.1) is 0 Å². The van der Waals surface area contributed by atoms with Crippen LogP contribution in [0.1, 0.15) is 84.8 Å². The molecule has 3 rings (SSSR count). The SMILES string of the molecule is C=C(C)[C@H](c1ccccc1)[C@H](O[Si](C)(C)C(C)(C)C)C(=O)O[C@H]1C[C@H](C)CC[C@H]1C(C)(C)c1ccccc1. The molecule has 1 saturated carbocycles. The smallest absolute Gasteiger partial charge is 0.335 e. The van der Waals surface area contributed by atoms with Crippen molar-refractivity contribution in [3.05, 3.63) is 83.9 Å². The molecule has 0 spiro atoms. The van der Waals surface area contributed by atoms with Crippen LogP contribution in [0, 0.1) is 11.8 Å². The predicted octanol–water partition coefficient (Wildman–Crippen LogP) is 9.06. The second-order valence-corrected chi connectivity index (χ2v) is 18.4. The molecule has 2 aromatic rings. The Kier molecular flexibility index (Phi) is 9.52. The Morgan fingerprint density at radius 1 is 0.947 bits per heavy atom. The van der Waals surface area contributed by atoms with Gasteiger partial charge in [-0.05, 0) is 60.4 Å². The van der Waals surface area contributed by atoms with Crippen LogP contribution in [0.2, 0.25) is 18.1 Å². The summed E-state index contributed by atoms with van der Waals surface area (Å²) in [4.78, 5) is 14.3. The molecule has 0 bridgehead atoms. The maximum absolute atomic E-state index is 14.3. The van der Waals surface area contributed by atoms with Crippen molar-refractivity contribution in [1.82, 2.24) is 0 Å². The Bertz CT molecular complexity index is 1070. The van der Waals surface area contributed by atoms with Gasteiger partial charge >= 0.3 is 5.97 Å². The van der Waals surface area contributed by atoms with E-state index in [1.165, 1.54) is 5.56 Å². The van der Waals surface area contributed by atoms with E-state index < -0.39 is 14.4 Å². The number of esters is 1. The average Bonchev–Trinajstić information content (AvgIpc) is 2.83. The normalized spacial score (nSPS) is 22.4. The third-order valence-electron chi connectivity index (χ3n) is 9.22. The van der Waals surface area contributed by atoms with Crippen LogP contribution in [0.5, 0.6) is 0 Å². The summed E-state index contributed by atoms with van der Waals surface area (Å²) in [6.07, 6.45) is 2.18. The lowest BCUT2D eigenvalue weighted by molar-refractivity contribution is -0.166. The van der Waals surface area contributed by atoms with Gasteiger partial charge in [0, 0.05) is 11.8 Å². The van der Waals surface area contributed by atoms with E-state index in [2.05, 4.69) is 104 Å². The van der Waals surface area contributed by atoms with E-state index in [9.17, 15) is 4.79 Å². The van der Waals surface area contributed by atoms with Crippen LogP contribution in [-0.2, 0) is 19.4 Å². The van der Waals surface area contributed by atoms with Crippen molar-refractivity contribution in [2.45, 2.75) is 109 Å². The molecule has 1 fully saturated rings. The number of rotatable bonds is 9. The van der Waals surface area contributed by atoms with Crippen molar-refractivity contribution in [2.24, 2.45) is 11.8 Å². The molecule has 0 unspecified atom stereocenters. The molecule has 2 aromatic carbocycles. The summed E-state index contributed by atoms with van der Waals surface area (Å²) in [7, 11) is -2.30. The minimum absolute atomic E-state index is 0.0426. The molecular weight excluding hydrogens is 484 g/mol. The van der Waals surface area contributed by atoms with Gasteiger partial charge in [-0.2, -0.15) is 0 Å². The monoisotopic (exact) mass is 534 g/mol. The third-order valence-corrected chi connectivity index (χ3v) is 13.7. The number of ether oxygens (including phenoxy) is 1. The summed E-state index contributed by atoms with van der Waals surface area (Å²) in [5.41, 5.74) is 3.13. The molecule has 5 atom stereocenters. The van der Waals surface area contributed by atoms with E-state index in [1.807, 2.05) is 25.1 Å². The topological polar surface area (TPSA) is 35.5 Å². The highest BCUT2D eigenvalue weighted by atomic mass is 28.4. The largest absolute Gasteiger partial charge is 0.460 e. The Hall–Kier alpha value is -2.17. The van der Waals surface area contributed by atoms with E-state index in [-0.39, 0.29) is 34.4 Å². The van der Waals surface area contributed by atoms with Crippen molar-refractivity contribution in [1.29, 1.82) is 0 Å². The van der Waals surface area contributed by atoms with Gasteiger partial charge in [-0.15, -0.1) is 0 Å². The Labute approximate surface area is 233 Å². The van der Waals surface area contributed by atoms with E-state index in [0.717, 1.165) is 30.4 Å². The molecule has 1 aliphatic carbocycles. The van der Waals surface area contributed by atoms with Crippen molar-refractivity contribution < 1.29 is 14.0 Å². The van der Waals surface area contributed by atoms with Gasteiger partial charge in [-0.1, -0.05) is 121 Å². The molecule has 1 aliphatic rings. The number of carbonyl (C=O) groups excluding carboxylic acids is 1. The minimum Gasteiger partial charge on any atom is -0.460 e. The lowest BCUT2D eigenvalue weighted by Gasteiger charge is -2.45. The van der Waals surface area contributed by atoms with E-state index in [1.54, 1.807) is 0 Å². The second kappa shape index (κ2) is 11.9. The van der Waals surface area contributed by atoms with E-state index in [0.29, 0.717) is 5.92 Å². The van der Waals surface area contributed by atoms with Gasteiger partial charge in [-0.3, -0.25) is 0 Å². The highest BCUT2D eigenvalue weighted by Crippen LogP contribution is 2.45. The molecule has 208 valence electrons. The van der Waals surface area contributed by atoms with Crippen LogP contribution in [0.15, 0.2) is 72.8 Å². The van der Waals surface area contributed by atoms with E-state index in [4.69, 9.17) is 9.16 Å². The van der Waals surface area contributed by atoms with Crippen LogP contribution in [0.25, 0.3) is 0 Å². The van der Waals surface area contributed by atoms with Gasteiger partial charge in [0.25, 0.3) is 0 Å². The number of hydrogen-bond acceptors (Lipinski definition) is 3. The molecule has 0 amide bonds. The van der Waals surface area contributed by atoms with Gasteiger partial charge in [-0.25, -0.2) is 4.79 Å². The standard InChI is InChI=1S/C34H50O3Si/c1-24(2)30(26-17-13-11-14-18-26)31(37-38(9,10)33(4,5)6)32(35)36-29-23-25(3)21-22-28(29)34(7,8)27-19-15-12-16-20-27/h11-20,25,28-31H,1,21-23H2,2-10H3/t25-,28-,29+,30-,31+/m1/s1. The van der Waals surface area contributed by atoms with Gasteiger partial charge < -0.3 is 9.16 Å². The summed E-state index contributed by atoms with van der Waals surface area (Å²) in [5, 5.41) is -0.0426. The molecule has 0 saturated heterocycles. The highest BCUT2D eigenvalue weighted by molar-refractivity contribution is 6.74. The van der Waals surface area contributed by atoms with Crippen LogP contribution in [0.4, 0.5) is 0 Å². The van der Waals surface area contributed by atoms with Crippen LogP contribution in [0.3, 0.4) is 0 Å². The average molecular weight is 535 g/mol.